The summed E-state index contributed by atoms with van der Waals surface area (Å²) in [6, 6.07) is 25.1. The summed E-state index contributed by atoms with van der Waals surface area (Å²) in [5, 5.41) is 33.0. The number of nitrogens with zero attached hydrogens (tertiary/aromatic N) is 5. The number of hydrogen-bond acceptors (Lipinski definition) is 6. The first-order valence-electron chi connectivity index (χ1n) is 10.9. The van der Waals surface area contributed by atoms with Crippen molar-refractivity contribution in [2.24, 2.45) is 7.05 Å². The van der Waals surface area contributed by atoms with E-state index in [2.05, 4.69) is 16.0 Å². The van der Waals surface area contributed by atoms with Crippen LogP contribution in [-0.2, 0) is 12.6 Å². The highest BCUT2D eigenvalue weighted by Gasteiger charge is 2.37. The fourth-order valence-corrected chi connectivity index (χ4v) is 4.35. The maximum atomic E-state index is 12.2. The number of nitriles is 2. The third kappa shape index (κ3) is 3.83. The average molecular weight is 492 g/mol. The van der Waals surface area contributed by atoms with E-state index in [1.165, 1.54) is 0 Å². The zero-order valence-corrected chi connectivity index (χ0v) is 19.8. The molecule has 1 atom stereocenters. The molecule has 1 unspecified atom stereocenters. The number of imidazole rings is 1. The summed E-state index contributed by atoms with van der Waals surface area (Å²) < 4.78 is 7.67. The Kier molecular flexibility index (Phi) is 5.87. The van der Waals surface area contributed by atoms with Crippen LogP contribution >= 0.6 is 11.6 Å². The first-order chi connectivity index (χ1) is 17.5. The number of para-hydroxylation sites is 1. The third-order valence-electron chi connectivity index (χ3n) is 5.99. The molecule has 0 aliphatic carbocycles. The van der Waals surface area contributed by atoms with Crippen LogP contribution in [0.2, 0.25) is 5.02 Å². The van der Waals surface area contributed by atoms with Crippen LogP contribution in [0.1, 0.15) is 28.1 Å². The number of rotatable bonds is 5. The van der Waals surface area contributed by atoms with Gasteiger partial charge in [0.05, 0.1) is 23.7 Å². The molecule has 5 rings (SSSR count). The average Bonchev–Trinajstić information content (AvgIpc) is 3.34. The minimum Gasteiger partial charge on any atom is -0.453 e. The molecule has 2 aromatic heterocycles. The number of benzene rings is 3. The maximum Gasteiger partial charge on any atom is 0.185 e. The molecule has 5 aromatic rings. The van der Waals surface area contributed by atoms with E-state index in [-0.39, 0.29) is 17.0 Å². The van der Waals surface area contributed by atoms with E-state index in [0.717, 1.165) is 0 Å². The Morgan fingerprint density at radius 1 is 0.972 bits per heavy atom. The van der Waals surface area contributed by atoms with Crippen molar-refractivity contribution >= 4 is 22.5 Å². The van der Waals surface area contributed by atoms with Gasteiger partial charge >= 0.3 is 0 Å². The molecule has 174 valence electrons. The van der Waals surface area contributed by atoms with Crippen molar-refractivity contribution in [2.45, 2.75) is 5.60 Å². The van der Waals surface area contributed by atoms with Crippen LogP contribution < -0.4 is 4.74 Å². The summed E-state index contributed by atoms with van der Waals surface area (Å²) in [5.74, 6) is 0.529. The SMILES string of the molecule is Cn1cncc1C(O)(c1ccc(Cl)cc1)c1ccc2nc(C#N)c(Oc3ccccc3)c(C#N)c2c1. The number of ether oxygens (including phenoxy) is 1. The van der Waals surface area contributed by atoms with Crippen molar-refractivity contribution in [1.29, 1.82) is 10.5 Å². The molecule has 0 saturated carbocycles. The molecule has 0 amide bonds. The minimum absolute atomic E-state index is 0.00440. The number of aliphatic hydroxyl groups is 1. The molecule has 0 bridgehead atoms. The van der Waals surface area contributed by atoms with Crippen molar-refractivity contribution in [3.05, 3.63) is 118 Å². The Labute approximate surface area is 212 Å². The maximum absolute atomic E-state index is 12.2. The van der Waals surface area contributed by atoms with Crippen molar-refractivity contribution in [1.82, 2.24) is 14.5 Å². The van der Waals surface area contributed by atoms with Gasteiger partial charge in [0.15, 0.2) is 17.0 Å². The molecule has 0 aliphatic rings. The molecule has 36 heavy (non-hydrogen) atoms. The number of aryl methyl sites for hydroxylation is 1. The number of aromatic nitrogens is 3. The van der Waals surface area contributed by atoms with Gasteiger partial charge in [-0.15, -0.1) is 0 Å². The third-order valence-corrected chi connectivity index (χ3v) is 6.24. The molecular formula is C28H18ClN5O2. The van der Waals surface area contributed by atoms with Gasteiger partial charge in [-0.2, -0.15) is 10.5 Å². The second kappa shape index (κ2) is 9.16. The smallest absolute Gasteiger partial charge is 0.185 e. The van der Waals surface area contributed by atoms with Crippen LogP contribution in [-0.4, -0.2) is 19.6 Å². The standard InChI is InChI=1S/C28H18ClN5O2/c1-34-17-32-16-26(34)28(35,18-7-10-20(29)11-8-18)19-9-12-24-22(13-19)23(14-30)27(25(15-31)33-24)36-21-5-3-2-4-6-21/h2-13,16-17,35H,1H3. The highest BCUT2D eigenvalue weighted by Crippen LogP contribution is 2.40. The second-order valence-corrected chi connectivity index (χ2v) is 8.58. The van der Waals surface area contributed by atoms with Crippen LogP contribution in [0.4, 0.5) is 0 Å². The van der Waals surface area contributed by atoms with Gasteiger partial charge < -0.3 is 14.4 Å². The molecule has 0 spiro atoms. The van der Waals surface area contributed by atoms with Gasteiger partial charge in [0.1, 0.15) is 23.5 Å². The highest BCUT2D eigenvalue weighted by atomic mass is 35.5. The lowest BCUT2D eigenvalue weighted by molar-refractivity contribution is 0.117. The molecule has 2 heterocycles. The Morgan fingerprint density at radius 2 is 1.69 bits per heavy atom. The quantitative estimate of drug-likeness (QED) is 0.350. The number of pyridine rings is 1. The van der Waals surface area contributed by atoms with Crippen molar-refractivity contribution in [3.63, 3.8) is 0 Å². The Hall–Kier alpha value is -4.69. The minimum atomic E-state index is -1.62. The fraction of sp³-hybridized carbons (Fsp3) is 0.0714. The first-order valence-corrected chi connectivity index (χ1v) is 11.3. The van der Waals surface area contributed by atoms with Crippen molar-refractivity contribution < 1.29 is 9.84 Å². The Morgan fingerprint density at radius 3 is 2.33 bits per heavy atom. The zero-order valence-electron chi connectivity index (χ0n) is 19.1. The molecule has 1 N–H and O–H groups in total. The van der Waals surface area contributed by atoms with Crippen LogP contribution in [0.5, 0.6) is 11.5 Å². The summed E-state index contributed by atoms with van der Waals surface area (Å²) in [7, 11) is 1.79. The summed E-state index contributed by atoms with van der Waals surface area (Å²) in [6.45, 7) is 0. The second-order valence-electron chi connectivity index (χ2n) is 8.14. The normalized spacial score (nSPS) is 12.5. The summed E-state index contributed by atoms with van der Waals surface area (Å²) in [4.78, 5) is 8.62. The zero-order chi connectivity index (χ0) is 25.3. The highest BCUT2D eigenvalue weighted by molar-refractivity contribution is 6.30. The fourth-order valence-electron chi connectivity index (χ4n) is 4.22. The number of fused-ring (bicyclic) bond motifs is 1. The Balaban J connectivity index is 1.77. The first kappa shape index (κ1) is 23.1. The van der Waals surface area contributed by atoms with Crippen LogP contribution in [0.3, 0.4) is 0 Å². The van der Waals surface area contributed by atoms with E-state index >= 15 is 0 Å². The molecule has 3 aromatic carbocycles. The van der Waals surface area contributed by atoms with Gasteiger partial charge in [0.25, 0.3) is 0 Å². The lowest BCUT2D eigenvalue weighted by Crippen LogP contribution is -2.31. The molecular weight excluding hydrogens is 474 g/mol. The largest absolute Gasteiger partial charge is 0.453 e. The summed E-state index contributed by atoms with van der Waals surface area (Å²) in [5.41, 5.74) is 0.512. The van der Waals surface area contributed by atoms with Crippen LogP contribution in [0.15, 0.2) is 85.3 Å². The number of hydrogen-bond donors (Lipinski definition) is 1. The van der Waals surface area contributed by atoms with Gasteiger partial charge in [0.2, 0.25) is 0 Å². The van der Waals surface area contributed by atoms with Gasteiger partial charge in [0, 0.05) is 17.5 Å². The monoisotopic (exact) mass is 491 g/mol. The topological polar surface area (TPSA) is 108 Å². The predicted octanol–water partition coefficient (Wildman–Crippen LogP) is 5.44. The molecule has 0 aliphatic heterocycles. The van der Waals surface area contributed by atoms with Gasteiger partial charge in [-0.3, -0.25) is 0 Å². The molecule has 0 saturated heterocycles. The van der Waals surface area contributed by atoms with Crippen molar-refractivity contribution in [3.8, 4) is 23.6 Å². The lowest BCUT2D eigenvalue weighted by Gasteiger charge is -2.30. The molecule has 0 fully saturated rings. The van der Waals surface area contributed by atoms with E-state index in [4.69, 9.17) is 16.3 Å². The van der Waals surface area contributed by atoms with E-state index in [0.29, 0.717) is 38.5 Å². The van der Waals surface area contributed by atoms with E-state index in [1.54, 1.807) is 90.9 Å². The van der Waals surface area contributed by atoms with Gasteiger partial charge in [-0.25, -0.2) is 9.97 Å². The van der Waals surface area contributed by atoms with Gasteiger partial charge in [-0.1, -0.05) is 48.0 Å². The predicted molar refractivity (Wildman–Crippen MR) is 134 cm³/mol. The lowest BCUT2D eigenvalue weighted by atomic mass is 9.82. The van der Waals surface area contributed by atoms with Crippen molar-refractivity contribution in [2.75, 3.05) is 0 Å². The van der Waals surface area contributed by atoms with E-state index < -0.39 is 5.60 Å². The van der Waals surface area contributed by atoms with Crippen LogP contribution in [0, 0.1) is 22.7 Å². The molecule has 0 radical (unpaired) electrons. The molecule has 7 nitrogen and oxygen atoms in total. The van der Waals surface area contributed by atoms with E-state index in [9.17, 15) is 15.6 Å². The summed E-state index contributed by atoms with van der Waals surface area (Å²) in [6.07, 6.45) is 3.19. The molecule has 8 heteroatoms. The Bertz CT molecular complexity index is 1670. The van der Waals surface area contributed by atoms with E-state index in [1.807, 2.05) is 12.1 Å². The van der Waals surface area contributed by atoms with Gasteiger partial charge in [-0.05, 0) is 47.5 Å². The summed E-state index contributed by atoms with van der Waals surface area (Å²) >= 11 is 6.11. The number of halogens is 1. The van der Waals surface area contributed by atoms with Crippen LogP contribution in [0.25, 0.3) is 10.9 Å².